The van der Waals surface area contributed by atoms with Gasteiger partial charge in [-0.25, -0.2) is 9.97 Å². The zero-order valence-corrected chi connectivity index (χ0v) is 19.0. The number of alkyl halides is 1. The highest BCUT2D eigenvalue weighted by Gasteiger charge is 2.23. The molecule has 0 radical (unpaired) electrons. The van der Waals surface area contributed by atoms with E-state index in [0.717, 1.165) is 56.0 Å². The summed E-state index contributed by atoms with van der Waals surface area (Å²) in [6, 6.07) is 26.5. The number of nitrogens with one attached hydrogen (secondary N) is 2. The van der Waals surface area contributed by atoms with Crippen molar-refractivity contribution in [3.63, 3.8) is 0 Å². The van der Waals surface area contributed by atoms with E-state index in [1.165, 1.54) is 0 Å². The molecular weight excluding hydrogens is 444 g/mol. The molecule has 0 spiro atoms. The van der Waals surface area contributed by atoms with Crippen LogP contribution in [0.2, 0.25) is 0 Å². The largest absolute Gasteiger partial charge is 0.489 e. The van der Waals surface area contributed by atoms with Gasteiger partial charge in [0, 0.05) is 22.1 Å². The van der Waals surface area contributed by atoms with Gasteiger partial charge in [0.05, 0.1) is 28.5 Å². The summed E-state index contributed by atoms with van der Waals surface area (Å²) in [7, 11) is 0. The van der Waals surface area contributed by atoms with E-state index >= 15 is 0 Å². The third-order valence-corrected chi connectivity index (χ3v) is 5.83. The van der Waals surface area contributed by atoms with Crippen molar-refractivity contribution < 1.29 is 4.74 Å². The number of aromatic nitrogens is 4. The maximum atomic E-state index is 6.17. The first-order valence-corrected chi connectivity index (χ1v) is 11.6. The molecular formula is C28H21ClN4O. The van der Waals surface area contributed by atoms with Gasteiger partial charge in [-0.2, -0.15) is 0 Å². The summed E-state index contributed by atoms with van der Waals surface area (Å²) in [5, 5.41) is 0. The molecule has 8 bridgehead atoms. The van der Waals surface area contributed by atoms with Crippen LogP contribution in [0, 0.1) is 0 Å². The molecule has 2 N–H and O–H groups in total. The van der Waals surface area contributed by atoms with Gasteiger partial charge in [-0.1, -0.05) is 30.3 Å². The first kappa shape index (κ1) is 20.5. The van der Waals surface area contributed by atoms with Crippen LogP contribution in [-0.4, -0.2) is 32.4 Å². The van der Waals surface area contributed by atoms with Gasteiger partial charge < -0.3 is 14.7 Å². The molecule has 166 valence electrons. The third kappa shape index (κ3) is 4.02. The highest BCUT2D eigenvalue weighted by atomic mass is 35.5. The van der Waals surface area contributed by atoms with Crippen molar-refractivity contribution in [2.24, 2.45) is 0 Å². The van der Waals surface area contributed by atoms with Gasteiger partial charge in [-0.15, -0.1) is 11.6 Å². The molecule has 3 aromatic heterocycles. The molecule has 0 unspecified atom stereocenters. The van der Waals surface area contributed by atoms with Crippen LogP contribution in [0.3, 0.4) is 0 Å². The number of aromatic amines is 2. The molecule has 1 aromatic carbocycles. The highest BCUT2D eigenvalue weighted by molar-refractivity contribution is 6.18. The van der Waals surface area contributed by atoms with E-state index in [1.807, 2.05) is 54.6 Å². The van der Waals surface area contributed by atoms with Crippen LogP contribution >= 0.6 is 11.6 Å². The Hall–Kier alpha value is -4.09. The first-order chi connectivity index (χ1) is 16.7. The highest BCUT2D eigenvalue weighted by Crippen LogP contribution is 2.36. The summed E-state index contributed by atoms with van der Waals surface area (Å²) < 4.78 is 6.17. The molecule has 5 nitrogen and oxygen atoms in total. The molecule has 0 saturated carbocycles. The Kier molecular flexibility index (Phi) is 5.24. The Morgan fingerprint density at radius 2 is 1.32 bits per heavy atom. The van der Waals surface area contributed by atoms with E-state index in [9.17, 15) is 0 Å². The summed E-state index contributed by atoms with van der Waals surface area (Å²) in [6.07, 6.45) is 3.99. The molecule has 6 rings (SSSR count). The number of rotatable bonds is 4. The number of hydrogen-bond acceptors (Lipinski definition) is 3. The van der Waals surface area contributed by atoms with Crippen molar-refractivity contribution in [2.45, 2.75) is 0 Å². The lowest BCUT2D eigenvalue weighted by Gasteiger charge is -2.09. The molecule has 34 heavy (non-hydrogen) atoms. The van der Waals surface area contributed by atoms with E-state index in [4.69, 9.17) is 26.3 Å². The zero-order valence-electron chi connectivity index (χ0n) is 18.3. The van der Waals surface area contributed by atoms with Gasteiger partial charge in [0.2, 0.25) is 0 Å². The van der Waals surface area contributed by atoms with Crippen LogP contribution in [0.25, 0.3) is 45.6 Å². The number of ether oxygens (including phenoxy) is 1. The van der Waals surface area contributed by atoms with Crippen LogP contribution < -0.4 is 0 Å². The van der Waals surface area contributed by atoms with Crippen LogP contribution in [0.15, 0.2) is 78.9 Å². The van der Waals surface area contributed by atoms with E-state index < -0.39 is 0 Å². The molecule has 6 heteroatoms. The molecule has 0 amide bonds. The van der Waals surface area contributed by atoms with E-state index in [0.29, 0.717) is 18.2 Å². The summed E-state index contributed by atoms with van der Waals surface area (Å²) in [4.78, 5) is 16.6. The first-order valence-electron chi connectivity index (χ1n) is 11.1. The van der Waals surface area contributed by atoms with Crippen molar-refractivity contribution in [1.29, 1.82) is 0 Å². The second kappa shape index (κ2) is 8.69. The predicted octanol–water partition coefficient (Wildman–Crippen LogP) is 6.66. The van der Waals surface area contributed by atoms with Crippen molar-refractivity contribution in [3.8, 4) is 0 Å². The minimum absolute atomic E-state index is 0.386. The molecule has 5 heterocycles. The van der Waals surface area contributed by atoms with Crippen LogP contribution in [-0.2, 0) is 4.74 Å². The monoisotopic (exact) mass is 464 g/mol. The molecule has 4 aromatic rings. The molecule has 0 fully saturated rings. The van der Waals surface area contributed by atoms with Gasteiger partial charge in [0.25, 0.3) is 0 Å². The average Bonchev–Trinajstić information content (AvgIpc) is 3.63. The molecule has 0 aliphatic carbocycles. The lowest BCUT2D eigenvalue weighted by atomic mass is 10.0. The Bertz CT molecular complexity index is 1600. The molecule has 0 atom stereocenters. The van der Waals surface area contributed by atoms with Crippen molar-refractivity contribution in [2.75, 3.05) is 12.5 Å². The minimum Gasteiger partial charge on any atom is -0.489 e. The van der Waals surface area contributed by atoms with Crippen molar-refractivity contribution in [1.82, 2.24) is 19.9 Å². The van der Waals surface area contributed by atoms with Gasteiger partial charge in [-0.05, 0) is 66.2 Å². The van der Waals surface area contributed by atoms with Crippen LogP contribution in [0.1, 0.15) is 28.3 Å². The summed E-state index contributed by atoms with van der Waals surface area (Å²) in [5.74, 6) is 1.10. The standard InChI is InChI=1S/C28H21ClN4O/c29-12-13-34-28-26-17-24-11-9-22(32-24)15-20-7-6-19(30-20)14-21-8-10-23(31-21)16-25(33-26)27(28)18-4-2-1-3-5-18/h1-11,14-17,30-31H,12-13H2. The number of H-pyrrole nitrogens is 2. The molecule has 2 aliphatic heterocycles. The smallest absolute Gasteiger partial charge is 0.155 e. The fourth-order valence-electron chi connectivity index (χ4n) is 4.22. The van der Waals surface area contributed by atoms with Gasteiger partial charge in [-0.3, -0.25) is 0 Å². The Balaban J connectivity index is 1.67. The summed E-state index contributed by atoms with van der Waals surface area (Å²) >= 11 is 5.99. The number of nitrogens with zero attached hydrogens (tertiary/aromatic N) is 2. The van der Waals surface area contributed by atoms with Crippen LogP contribution in [0.4, 0.5) is 0 Å². The van der Waals surface area contributed by atoms with Crippen molar-refractivity contribution >= 4 is 57.2 Å². The topological polar surface area (TPSA) is 66.6 Å². The third-order valence-electron chi connectivity index (χ3n) is 5.68. The maximum Gasteiger partial charge on any atom is 0.155 e. The molecule has 2 aliphatic rings. The quantitative estimate of drug-likeness (QED) is 0.292. The predicted molar refractivity (Wildman–Crippen MR) is 139 cm³/mol. The van der Waals surface area contributed by atoms with Gasteiger partial charge in [0.1, 0.15) is 12.3 Å². The fourth-order valence-corrected chi connectivity index (χ4v) is 4.30. The van der Waals surface area contributed by atoms with E-state index in [2.05, 4.69) is 46.4 Å². The lowest BCUT2D eigenvalue weighted by Crippen LogP contribution is -1.97. The van der Waals surface area contributed by atoms with Gasteiger partial charge >= 0.3 is 0 Å². The minimum atomic E-state index is 0.386. The SMILES string of the molecule is ClCCOC1=C(c2ccccc2)c2cc3ccc(cc4ccc(cc5nc(cc1n2)C=C5)[nH]4)[nH]3. The number of fused-ring (bicyclic) bond motifs is 8. The normalized spacial score (nSPS) is 12.9. The average molecular weight is 465 g/mol. The summed E-state index contributed by atoms with van der Waals surface area (Å²) in [6.45, 7) is 0.386. The molecule has 0 saturated heterocycles. The van der Waals surface area contributed by atoms with E-state index in [-0.39, 0.29) is 0 Å². The van der Waals surface area contributed by atoms with E-state index in [1.54, 1.807) is 0 Å². The second-order valence-electron chi connectivity index (χ2n) is 8.10. The Morgan fingerprint density at radius 3 is 2.03 bits per heavy atom. The Morgan fingerprint density at radius 1 is 0.676 bits per heavy atom. The number of benzene rings is 1. The zero-order chi connectivity index (χ0) is 22.9. The Labute approximate surface area is 201 Å². The number of hydrogen-bond donors (Lipinski definition) is 2. The van der Waals surface area contributed by atoms with Gasteiger partial charge in [0.15, 0.2) is 5.76 Å². The van der Waals surface area contributed by atoms with Crippen LogP contribution in [0.5, 0.6) is 0 Å². The lowest BCUT2D eigenvalue weighted by molar-refractivity contribution is 0.301. The maximum absolute atomic E-state index is 6.17. The second-order valence-corrected chi connectivity index (χ2v) is 8.48. The van der Waals surface area contributed by atoms with Crippen molar-refractivity contribution in [3.05, 3.63) is 107 Å². The fraction of sp³-hybridized carbons (Fsp3) is 0.0714. The summed E-state index contributed by atoms with van der Waals surface area (Å²) in [5.41, 5.74) is 9.17. The number of halogens is 1.